The molecule has 4 rings (SSSR count). The summed E-state index contributed by atoms with van der Waals surface area (Å²) in [6, 6.07) is 8.51. The Morgan fingerprint density at radius 2 is 1.70 bits per heavy atom. The van der Waals surface area contributed by atoms with Gasteiger partial charge in [-0.3, -0.25) is 24.1 Å². The van der Waals surface area contributed by atoms with Crippen LogP contribution in [0.1, 0.15) is 57.9 Å². The van der Waals surface area contributed by atoms with Gasteiger partial charge in [0.2, 0.25) is 11.8 Å². The molecule has 0 aliphatic carbocycles. The molecule has 0 bridgehead atoms. The summed E-state index contributed by atoms with van der Waals surface area (Å²) in [6.45, 7) is 9.18. The lowest BCUT2D eigenvalue weighted by Gasteiger charge is -2.34. The number of para-hydroxylation sites is 1. The van der Waals surface area contributed by atoms with E-state index in [2.05, 4.69) is 44.1 Å². The van der Waals surface area contributed by atoms with Gasteiger partial charge in [0.15, 0.2) is 5.60 Å². The molecule has 2 amide bonds. The number of likely N-dealkylation sites (tertiary alicyclic amines) is 2. The zero-order chi connectivity index (χ0) is 31.7. The van der Waals surface area contributed by atoms with Crippen molar-refractivity contribution in [2.75, 3.05) is 26.2 Å². The lowest BCUT2D eigenvalue weighted by Crippen LogP contribution is -2.42. The lowest BCUT2D eigenvalue weighted by atomic mass is 9.96. The second-order valence-corrected chi connectivity index (χ2v) is 11.7. The van der Waals surface area contributed by atoms with Crippen molar-refractivity contribution in [2.45, 2.75) is 77.1 Å². The maximum atomic E-state index is 12.3. The summed E-state index contributed by atoms with van der Waals surface area (Å²) in [4.78, 5) is 59.4. The number of amides is 2. The van der Waals surface area contributed by atoms with Crippen LogP contribution in [-0.2, 0) is 37.1 Å². The van der Waals surface area contributed by atoms with Crippen LogP contribution in [0.3, 0.4) is 0 Å². The second kappa shape index (κ2) is 15.0. The summed E-state index contributed by atoms with van der Waals surface area (Å²) < 4.78 is 2.08. The summed E-state index contributed by atoms with van der Waals surface area (Å²) in [5.41, 5.74) is -0.346. The molecule has 0 saturated carbocycles. The molecule has 2 aliphatic rings. The molecule has 3 heterocycles. The molecule has 1 aromatic heterocycles. The molecular weight excluding hydrogens is 560 g/mol. The summed E-state index contributed by atoms with van der Waals surface area (Å²) >= 11 is 0. The number of aromatic nitrogens is 1. The van der Waals surface area contributed by atoms with Gasteiger partial charge in [-0.2, -0.15) is 0 Å². The predicted octanol–water partition coefficient (Wildman–Crippen LogP) is 1.75. The Kier molecular flexibility index (Phi) is 11.7. The van der Waals surface area contributed by atoms with Gasteiger partial charge in [0.05, 0.1) is 12.8 Å². The van der Waals surface area contributed by atoms with Crippen LogP contribution in [0.25, 0.3) is 10.9 Å². The van der Waals surface area contributed by atoms with Crippen molar-refractivity contribution in [3.05, 3.63) is 36.0 Å². The molecule has 236 valence electrons. The van der Waals surface area contributed by atoms with Gasteiger partial charge in [-0.15, -0.1) is 0 Å². The highest BCUT2D eigenvalue weighted by molar-refractivity contribution is 5.88. The number of piperidine rings is 1. The summed E-state index contributed by atoms with van der Waals surface area (Å²) in [5.74, 6) is -4.08. The average Bonchev–Trinajstić information content (AvgIpc) is 3.46. The number of carbonyl (C=O) groups is 5. The third-order valence-electron chi connectivity index (χ3n) is 7.57. The number of fused-ring (bicyclic) bond motifs is 1. The van der Waals surface area contributed by atoms with E-state index < -0.39 is 36.4 Å². The van der Waals surface area contributed by atoms with E-state index in [4.69, 9.17) is 20.4 Å². The molecule has 2 aromatic rings. The van der Waals surface area contributed by atoms with Crippen molar-refractivity contribution in [1.82, 2.24) is 19.7 Å². The molecule has 2 fully saturated rings. The first-order valence-corrected chi connectivity index (χ1v) is 14.5. The van der Waals surface area contributed by atoms with Crippen molar-refractivity contribution in [3.63, 3.8) is 0 Å². The van der Waals surface area contributed by atoms with Crippen LogP contribution in [0, 0.1) is 5.92 Å². The molecule has 0 spiro atoms. The first-order chi connectivity index (χ1) is 20.3. The molecule has 13 nitrogen and oxygen atoms in total. The number of hydrogen-bond acceptors (Lipinski definition) is 7. The molecule has 13 heteroatoms. The topological polar surface area (TPSA) is 190 Å². The third-order valence-corrected chi connectivity index (χ3v) is 7.57. The van der Waals surface area contributed by atoms with Crippen molar-refractivity contribution in [1.29, 1.82) is 0 Å². The Hall–Kier alpha value is -3.97. The van der Waals surface area contributed by atoms with Crippen LogP contribution >= 0.6 is 0 Å². The average molecular weight is 603 g/mol. The minimum atomic E-state index is -2.74. The lowest BCUT2D eigenvalue weighted by molar-refractivity contribution is -0.170. The Balaban J connectivity index is 0.000000331. The highest BCUT2D eigenvalue weighted by Crippen LogP contribution is 2.26. The zero-order valence-corrected chi connectivity index (χ0v) is 24.7. The van der Waals surface area contributed by atoms with Gasteiger partial charge >= 0.3 is 17.9 Å². The fourth-order valence-corrected chi connectivity index (χ4v) is 5.71. The van der Waals surface area contributed by atoms with E-state index in [9.17, 15) is 24.0 Å². The van der Waals surface area contributed by atoms with Crippen LogP contribution in [-0.4, -0.2) is 102 Å². The number of rotatable bonds is 12. The highest BCUT2D eigenvalue weighted by atomic mass is 16.4. The maximum Gasteiger partial charge on any atom is 0.336 e. The minimum absolute atomic E-state index is 0.0469. The fraction of sp³-hybridized carbons (Fsp3) is 0.567. The molecule has 2 aliphatic heterocycles. The predicted molar refractivity (Wildman–Crippen MR) is 156 cm³/mol. The minimum Gasteiger partial charge on any atom is -0.481 e. The van der Waals surface area contributed by atoms with Gasteiger partial charge in [-0.05, 0) is 57.2 Å². The fourth-order valence-electron chi connectivity index (χ4n) is 5.71. The largest absolute Gasteiger partial charge is 0.481 e. The van der Waals surface area contributed by atoms with Gasteiger partial charge < -0.3 is 35.2 Å². The summed E-state index contributed by atoms with van der Waals surface area (Å²) in [6.07, 6.45) is 3.99. The molecule has 1 atom stereocenters. The van der Waals surface area contributed by atoms with E-state index in [1.165, 1.54) is 23.8 Å². The Labute approximate surface area is 250 Å². The van der Waals surface area contributed by atoms with Crippen molar-refractivity contribution >= 4 is 40.6 Å². The summed E-state index contributed by atoms with van der Waals surface area (Å²) in [5, 5.41) is 38.0. The molecule has 5 N–H and O–H groups in total. The Morgan fingerprint density at radius 1 is 1.02 bits per heavy atom. The second-order valence-electron chi connectivity index (χ2n) is 11.7. The Bertz CT molecular complexity index is 1310. The first-order valence-electron chi connectivity index (χ1n) is 14.5. The number of benzene rings is 1. The smallest absolute Gasteiger partial charge is 0.336 e. The number of carbonyl (C=O) groups excluding carboxylic acids is 2. The van der Waals surface area contributed by atoms with Crippen LogP contribution < -0.4 is 5.32 Å². The van der Waals surface area contributed by atoms with Crippen LogP contribution in [0.4, 0.5) is 0 Å². The standard InChI is InChI=1S/C24H34N4O2.C6H8O7/c1-18(2)25-23(29)17-28-16-20(21-8-3-4-9-22(21)28)15-26-11-5-7-19(13-26)14-27-12-6-10-24(27)30;7-3(8)1-6(13,5(11)12)2-4(9)10/h3-4,8-9,16,18-19H,5-7,10-15,17H2,1-2H3,(H,25,29);13H,1-2H2,(H,7,8)(H,9,10)(H,11,12). The highest BCUT2D eigenvalue weighted by Gasteiger charge is 2.40. The molecule has 0 radical (unpaired) electrons. The molecule has 1 aromatic carbocycles. The number of hydrogen-bond donors (Lipinski definition) is 5. The van der Waals surface area contributed by atoms with Crippen molar-refractivity contribution < 1.29 is 44.4 Å². The van der Waals surface area contributed by atoms with Crippen LogP contribution in [0.5, 0.6) is 0 Å². The van der Waals surface area contributed by atoms with Gasteiger partial charge in [0, 0.05) is 55.7 Å². The van der Waals surface area contributed by atoms with Gasteiger partial charge in [0.1, 0.15) is 6.54 Å². The molecule has 43 heavy (non-hydrogen) atoms. The number of aliphatic carboxylic acids is 3. The van der Waals surface area contributed by atoms with E-state index in [1.807, 2.05) is 19.9 Å². The first kappa shape index (κ1) is 33.5. The van der Waals surface area contributed by atoms with E-state index in [-0.39, 0.29) is 11.9 Å². The molecule has 1 unspecified atom stereocenters. The van der Waals surface area contributed by atoms with Crippen molar-refractivity contribution in [2.24, 2.45) is 5.92 Å². The maximum absolute atomic E-state index is 12.3. The van der Waals surface area contributed by atoms with E-state index in [0.717, 1.165) is 51.1 Å². The monoisotopic (exact) mass is 602 g/mol. The quantitative estimate of drug-likeness (QED) is 0.239. The van der Waals surface area contributed by atoms with Crippen LogP contribution in [0.15, 0.2) is 30.5 Å². The van der Waals surface area contributed by atoms with Gasteiger partial charge in [0.25, 0.3) is 0 Å². The van der Waals surface area contributed by atoms with Gasteiger partial charge in [-0.25, -0.2) is 4.79 Å². The van der Waals surface area contributed by atoms with Crippen molar-refractivity contribution in [3.8, 4) is 0 Å². The molecular formula is C30H42N4O9. The van der Waals surface area contributed by atoms with Crippen LogP contribution in [0.2, 0.25) is 0 Å². The number of nitrogens with one attached hydrogen (secondary N) is 1. The summed E-state index contributed by atoms with van der Waals surface area (Å²) in [7, 11) is 0. The number of carboxylic acids is 3. The van der Waals surface area contributed by atoms with E-state index in [0.29, 0.717) is 18.4 Å². The third kappa shape index (κ3) is 9.79. The SMILES string of the molecule is CC(C)NC(=O)Cn1cc(CN2CCCC(CN3CCCC3=O)C2)c2ccccc21.O=C(O)CC(O)(CC(=O)O)C(=O)O. The molecule has 2 saturated heterocycles. The number of nitrogens with zero attached hydrogens (tertiary/aromatic N) is 3. The normalized spacial score (nSPS) is 17.5. The van der Waals surface area contributed by atoms with E-state index in [1.54, 1.807) is 0 Å². The Morgan fingerprint density at radius 3 is 2.28 bits per heavy atom. The zero-order valence-electron chi connectivity index (χ0n) is 24.7. The van der Waals surface area contributed by atoms with E-state index >= 15 is 0 Å². The number of carboxylic acid groups (broad SMARTS) is 3. The number of aliphatic hydroxyl groups is 1. The van der Waals surface area contributed by atoms with Gasteiger partial charge in [-0.1, -0.05) is 18.2 Å².